The van der Waals surface area contributed by atoms with Crippen molar-refractivity contribution >= 4 is 5.90 Å². The summed E-state index contributed by atoms with van der Waals surface area (Å²) >= 11 is 0. The molecule has 0 aliphatic carbocycles. The quantitative estimate of drug-likeness (QED) is 0.637. The van der Waals surface area contributed by atoms with Gasteiger partial charge in [0.05, 0.1) is 13.3 Å². The fourth-order valence-electron chi connectivity index (χ4n) is 1.43. The zero-order valence-electron chi connectivity index (χ0n) is 9.71. The van der Waals surface area contributed by atoms with Crippen molar-refractivity contribution in [2.24, 2.45) is 0 Å². The predicted molar refractivity (Wildman–Crippen MR) is 62.7 cm³/mol. The van der Waals surface area contributed by atoms with Crippen LogP contribution in [0.4, 0.5) is 0 Å². The van der Waals surface area contributed by atoms with Crippen LogP contribution in [0.5, 0.6) is 0 Å². The van der Waals surface area contributed by atoms with Crippen LogP contribution in [0, 0.1) is 12.3 Å². The number of hydrogen-bond donors (Lipinski definition) is 1. The van der Waals surface area contributed by atoms with Gasteiger partial charge in [-0.25, -0.2) is 0 Å². The van der Waals surface area contributed by atoms with Gasteiger partial charge in [-0.1, -0.05) is 0 Å². The number of nitrogens with one attached hydrogen (secondary N) is 1. The maximum Gasteiger partial charge on any atom is 0.202 e. The molecular formula is C11H13N5O. The fourth-order valence-corrected chi connectivity index (χ4v) is 1.43. The van der Waals surface area contributed by atoms with Gasteiger partial charge in [0.2, 0.25) is 5.90 Å². The second kappa shape index (κ2) is 4.73. The zero-order valence-corrected chi connectivity index (χ0v) is 9.71. The van der Waals surface area contributed by atoms with Crippen LogP contribution in [0.25, 0.3) is 11.4 Å². The van der Waals surface area contributed by atoms with Gasteiger partial charge < -0.3 is 4.74 Å². The van der Waals surface area contributed by atoms with Crippen molar-refractivity contribution in [1.29, 1.82) is 5.41 Å². The highest BCUT2D eigenvalue weighted by molar-refractivity contribution is 5.72. The molecule has 0 bridgehead atoms. The average molecular weight is 231 g/mol. The van der Waals surface area contributed by atoms with E-state index in [1.54, 1.807) is 23.3 Å². The Morgan fingerprint density at radius 1 is 1.41 bits per heavy atom. The van der Waals surface area contributed by atoms with Crippen molar-refractivity contribution < 1.29 is 4.74 Å². The summed E-state index contributed by atoms with van der Waals surface area (Å²) in [5.74, 6) is 0.168. The highest BCUT2D eigenvalue weighted by atomic mass is 16.5. The van der Waals surface area contributed by atoms with Crippen LogP contribution in [0.3, 0.4) is 0 Å². The Balaban J connectivity index is 2.28. The minimum absolute atomic E-state index is 0.168. The van der Waals surface area contributed by atoms with Crippen LogP contribution < -0.4 is 0 Å². The van der Waals surface area contributed by atoms with Crippen LogP contribution >= 0.6 is 0 Å². The van der Waals surface area contributed by atoms with Crippen LogP contribution in [-0.2, 0) is 11.3 Å². The highest BCUT2D eigenvalue weighted by Gasteiger charge is 2.09. The molecule has 17 heavy (non-hydrogen) atoms. The molecule has 2 aromatic heterocycles. The van der Waals surface area contributed by atoms with E-state index in [9.17, 15) is 0 Å². The normalized spacial score (nSPS) is 10.2. The van der Waals surface area contributed by atoms with E-state index in [1.807, 2.05) is 13.0 Å². The van der Waals surface area contributed by atoms with Gasteiger partial charge in [-0.15, -0.1) is 0 Å². The van der Waals surface area contributed by atoms with Gasteiger partial charge in [0.15, 0.2) is 0 Å². The molecule has 0 unspecified atom stereocenters. The van der Waals surface area contributed by atoms with Gasteiger partial charge in [-0.05, 0) is 13.0 Å². The maximum absolute atomic E-state index is 7.47. The summed E-state index contributed by atoms with van der Waals surface area (Å²) in [7, 11) is 1.48. The Kier molecular flexibility index (Phi) is 3.13. The molecule has 0 spiro atoms. The largest absolute Gasteiger partial charge is 0.483 e. The minimum Gasteiger partial charge on any atom is -0.483 e. The van der Waals surface area contributed by atoms with E-state index in [-0.39, 0.29) is 5.90 Å². The summed E-state index contributed by atoms with van der Waals surface area (Å²) in [4.78, 5) is 8.18. The lowest BCUT2D eigenvalue weighted by atomic mass is 10.3. The number of hydrogen-bond acceptors (Lipinski definition) is 5. The van der Waals surface area contributed by atoms with Gasteiger partial charge in [0.25, 0.3) is 0 Å². The first-order valence-electron chi connectivity index (χ1n) is 5.13. The minimum atomic E-state index is 0.168. The summed E-state index contributed by atoms with van der Waals surface area (Å²) < 4.78 is 6.52. The Morgan fingerprint density at radius 2 is 2.24 bits per heavy atom. The Labute approximate surface area is 98.8 Å². The standard InChI is InChI=1S/C11H13N5O/c1-8-5-9(10-6-13-3-4-14-10)15-16(8)7-11(12)17-2/h3-6,12H,7H2,1-2H3. The molecule has 1 N–H and O–H groups in total. The Bertz CT molecular complexity index is 520. The number of ether oxygens (including phenoxy) is 1. The maximum atomic E-state index is 7.47. The lowest BCUT2D eigenvalue weighted by molar-refractivity contribution is 0.376. The molecule has 2 rings (SSSR count). The number of rotatable bonds is 3. The van der Waals surface area contributed by atoms with Gasteiger partial charge in [0.1, 0.15) is 17.9 Å². The monoisotopic (exact) mass is 231 g/mol. The molecule has 0 atom stereocenters. The van der Waals surface area contributed by atoms with Gasteiger partial charge in [0, 0.05) is 18.1 Å². The van der Waals surface area contributed by atoms with E-state index >= 15 is 0 Å². The zero-order chi connectivity index (χ0) is 12.3. The highest BCUT2D eigenvalue weighted by Crippen LogP contribution is 2.15. The number of nitrogens with zero attached hydrogens (tertiary/aromatic N) is 4. The van der Waals surface area contributed by atoms with Gasteiger partial charge >= 0.3 is 0 Å². The second-order valence-corrected chi connectivity index (χ2v) is 3.55. The Morgan fingerprint density at radius 3 is 2.88 bits per heavy atom. The first-order valence-corrected chi connectivity index (χ1v) is 5.13. The molecule has 0 radical (unpaired) electrons. The van der Waals surface area contributed by atoms with Crippen LogP contribution in [-0.4, -0.2) is 32.8 Å². The third-order valence-corrected chi connectivity index (χ3v) is 2.35. The summed E-state index contributed by atoms with van der Waals surface area (Å²) in [6.45, 7) is 2.25. The van der Waals surface area contributed by atoms with Crippen molar-refractivity contribution in [2.75, 3.05) is 7.11 Å². The van der Waals surface area contributed by atoms with Crippen molar-refractivity contribution in [3.05, 3.63) is 30.4 Å². The van der Waals surface area contributed by atoms with E-state index in [1.165, 1.54) is 7.11 Å². The number of methoxy groups -OCH3 is 1. The van der Waals surface area contributed by atoms with Gasteiger partial charge in [-0.2, -0.15) is 5.10 Å². The van der Waals surface area contributed by atoms with E-state index in [0.29, 0.717) is 6.54 Å². The molecule has 88 valence electrons. The third-order valence-electron chi connectivity index (χ3n) is 2.35. The average Bonchev–Trinajstić information content (AvgIpc) is 2.72. The summed E-state index contributed by atoms with van der Waals surface area (Å²) in [5.41, 5.74) is 2.42. The Hall–Kier alpha value is -2.24. The van der Waals surface area contributed by atoms with E-state index in [0.717, 1.165) is 17.1 Å². The van der Waals surface area contributed by atoms with E-state index < -0.39 is 0 Å². The SMILES string of the molecule is COC(=N)Cn1nc(-c2cnccn2)cc1C. The smallest absolute Gasteiger partial charge is 0.202 e. The van der Waals surface area contributed by atoms with Crippen molar-refractivity contribution in [3.8, 4) is 11.4 Å². The summed E-state index contributed by atoms with van der Waals surface area (Å²) in [6, 6.07) is 1.91. The van der Waals surface area contributed by atoms with E-state index in [4.69, 9.17) is 10.1 Å². The summed E-state index contributed by atoms with van der Waals surface area (Å²) in [5, 5.41) is 11.8. The molecule has 0 aliphatic rings. The van der Waals surface area contributed by atoms with Crippen molar-refractivity contribution in [1.82, 2.24) is 19.7 Å². The van der Waals surface area contributed by atoms with Gasteiger partial charge in [-0.3, -0.25) is 20.1 Å². The first kappa shape index (κ1) is 11.3. The second-order valence-electron chi connectivity index (χ2n) is 3.55. The molecule has 2 aromatic rings. The molecule has 0 amide bonds. The van der Waals surface area contributed by atoms with Crippen LogP contribution in [0.15, 0.2) is 24.7 Å². The molecule has 0 saturated carbocycles. The van der Waals surface area contributed by atoms with Crippen LogP contribution in [0.1, 0.15) is 5.69 Å². The summed E-state index contributed by atoms with van der Waals surface area (Å²) in [6.07, 6.45) is 4.91. The molecule has 0 fully saturated rings. The molecule has 6 heteroatoms. The third kappa shape index (κ3) is 2.47. The molecule has 0 saturated heterocycles. The molecule has 6 nitrogen and oxygen atoms in total. The molecule has 0 aliphatic heterocycles. The predicted octanol–water partition coefficient (Wildman–Crippen LogP) is 1.27. The topological polar surface area (TPSA) is 76.7 Å². The van der Waals surface area contributed by atoms with Crippen molar-refractivity contribution in [2.45, 2.75) is 13.5 Å². The fraction of sp³-hybridized carbons (Fsp3) is 0.273. The first-order chi connectivity index (χ1) is 8.20. The lowest BCUT2D eigenvalue weighted by Crippen LogP contribution is -2.13. The lowest BCUT2D eigenvalue weighted by Gasteiger charge is -2.03. The van der Waals surface area contributed by atoms with Crippen molar-refractivity contribution in [3.63, 3.8) is 0 Å². The molecular weight excluding hydrogens is 218 g/mol. The number of aryl methyl sites for hydroxylation is 1. The molecule has 0 aromatic carbocycles. The molecule has 2 heterocycles. The number of aromatic nitrogens is 4. The van der Waals surface area contributed by atoms with Crippen LogP contribution in [0.2, 0.25) is 0 Å². The van der Waals surface area contributed by atoms with E-state index in [2.05, 4.69) is 15.1 Å².